The van der Waals surface area contributed by atoms with Crippen molar-refractivity contribution >= 4 is 5.97 Å². The van der Waals surface area contributed by atoms with Gasteiger partial charge in [-0.05, 0) is 18.2 Å². The molecular weight excluding hydrogens is 262 g/mol. The summed E-state index contributed by atoms with van der Waals surface area (Å²) in [4.78, 5) is 12.4. The topological polar surface area (TPSA) is 38.3 Å². The van der Waals surface area contributed by atoms with Gasteiger partial charge in [0.15, 0.2) is 0 Å². The Hall–Kier alpha value is -2.13. The van der Waals surface area contributed by atoms with Crippen LogP contribution in [-0.2, 0) is 22.4 Å². The van der Waals surface area contributed by atoms with Crippen LogP contribution in [0.4, 0.5) is 0 Å². The van der Waals surface area contributed by atoms with Gasteiger partial charge in [-0.3, -0.25) is 4.79 Å². The van der Waals surface area contributed by atoms with Gasteiger partial charge in [-0.25, -0.2) is 0 Å². The summed E-state index contributed by atoms with van der Waals surface area (Å²) in [6, 6.07) is 20.0. The maximum Gasteiger partial charge on any atom is 0.326 e. The molecule has 0 atom stereocenters. The van der Waals surface area contributed by atoms with Gasteiger partial charge in [-0.15, -0.1) is 0 Å². The van der Waals surface area contributed by atoms with E-state index in [2.05, 4.69) is 5.32 Å². The Kier molecular flexibility index (Phi) is 5.12. The first-order valence-electron chi connectivity index (χ1n) is 7.05. The molecular formula is C18H21NO2. The lowest BCUT2D eigenvalue weighted by Gasteiger charge is -2.31. The summed E-state index contributed by atoms with van der Waals surface area (Å²) in [5.41, 5.74) is 1.46. The molecule has 21 heavy (non-hydrogen) atoms. The number of hydrogen-bond donors (Lipinski definition) is 1. The molecule has 3 heteroatoms. The van der Waals surface area contributed by atoms with Crippen LogP contribution in [-0.4, -0.2) is 25.7 Å². The highest BCUT2D eigenvalue weighted by atomic mass is 16.5. The van der Waals surface area contributed by atoms with Gasteiger partial charge in [-0.1, -0.05) is 60.7 Å². The zero-order valence-corrected chi connectivity index (χ0v) is 12.5. The average molecular weight is 283 g/mol. The maximum atomic E-state index is 12.4. The summed E-state index contributed by atoms with van der Waals surface area (Å²) in [7, 11) is 3.24. The Bertz CT molecular complexity index is 525. The van der Waals surface area contributed by atoms with Crippen LogP contribution in [0.3, 0.4) is 0 Å². The number of hydrogen-bond acceptors (Lipinski definition) is 3. The van der Waals surface area contributed by atoms with Gasteiger partial charge in [0, 0.05) is 12.8 Å². The van der Waals surface area contributed by atoms with E-state index >= 15 is 0 Å². The third kappa shape index (κ3) is 3.70. The van der Waals surface area contributed by atoms with E-state index < -0.39 is 5.54 Å². The number of ether oxygens (including phenoxy) is 1. The number of nitrogens with one attached hydrogen (secondary N) is 1. The SMILES string of the molecule is CNC(Cc1ccccc1)(Cc1ccccc1)C(=O)OC. The summed E-state index contributed by atoms with van der Waals surface area (Å²) < 4.78 is 5.05. The summed E-state index contributed by atoms with van der Waals surface area (Å²) in [6.45, 7) is 0. The molecule has 0 unspecified atom stereocenters. The van der Waals surface area contributed by atoms with Crippen molar-refractivity contribution in [2.75, 3.05) is 14.2 Å². The van der Waals surface area contributed by atoms with Gasteiger partial charge in [0.05, 0.1) is 7.11 Å². The minimum atomic E-state index is -0.753. The first kappa shape index (κ1) is 15.3. The predicted molar refractivity (Wildman–Crippen MR) is 84.1 cm³/mol. The van der Waals surface area contributed by atoms with Crippen LogP contribution >= 0.6 is 0 Å². The Morgan fingerprint density at radius 2 is 1.38 bits per heavy atom. The van der Waals surface area contributed by atoms with E-state index in [1.165, 1.54) is 7.11 Å². The van der Waals surface area contributed by atoms with E-state index in [-0.39, 0.29) is 5.97 Å². The molecule has 0 aliphatic rings. The van der Waals surface area contributed by atoms with E-state index in [0.717, 1.165) is 11.1 Å². The van der Waals surface area contributed by atoms with Crippen LogP contribution in [0.1, 0.15) is 11.1 Å². The number of likely N-dealkylation sites (N-methyl/N-ethyl adjacent to an activating group) is 1. The van der Waals surface area contributed by atoms with Gasteiger partial charge in [0.25, 0.3) is 0 Å². The normalized spacial score (nSPS) is 11.1. The van der Waals surface area contributed by atoms with Crippen LogP contribution in [0.25, 0.3) is 0 Å². The lowest BCUT2D eigenvalue weighted by Crippen LogP contribution is -2.54. The molecule has 0 heterocycles. The van der Waals surface area contributed by atoms with Crippen LogP contribution in [0.2, 0.25) is 0 Å². The molecule has 0 aliphatic heterocycles. The quantitative estimate of drug-likeness (QED) is 0.828. The van der Waals surface area contributed by atoms with Gasteiger partial charge in [0.1, 0.15) is 5.54 Å². The molecule has 0 aliphatic carbocycles. The Morgan fingerprint density at radius 3 is 1.71 bits per heavy atom. The van der Waals surface area contributed by atoms with Crippen molar-refractivity contribution in [2.45, 2.75) is 18.4 Å². The largest absolute Gasteiger partial charge is 0.468 e. The van der Waals surface area contributed by atoms with Crippen molar-refractivity contribution in [3.63, 3.8) is 0 Å². The molecule has 0 fully saturated rings. The zero-order chi connectivity index (χ0) is 15.1. The zero-order valence-electron chi connectivity index (χ0n) is 12.5. The smallest absolute Gasteiger partial charge is 0.326 e. The van der Waals surface area contributed by atoms with Crippen LogP contribution in [0, 0.1) is 0 Å². The molecule has 2 rings (SSSR count). The first-order valence-corrected chi connectivity index (χ1v) is 7.05. The standard InChI is InChI=1S/C18H21NO2/c1-19-18(17(20)21-2,13-15-9-5-3-6-10-15)14-16-11-7-4-8-12-16/h3-12,19H,13-14H2,1-2H3. The van der Waals surface area contributed by atoms with E-state index in [4.69, 9.17) is 4.74 Å². The second-order valence-corrected chi connectivity index (χ2v) is 5.15. The first-order chi connectivity index (χ1) is 10.2. The van der Waals surface area contributed by atoms with E-state index in [1.54, 1.807) is 0 Å². The van der Waals surface area contributed by atoms with E-state index in [9.17, 15) is 4.79 Å². The summed E-state index contributed by atoms with van der Waals surface area (Å²) in [6.07, 6.45) is 1.18. The molecule has 3 nitrogen and oxygen atoms in total. The van der Waals surface area contributed by atoms with Crippen molar-refractivity contribution in [3.05, 3.63) is 71.8 Å². The number of carbonyl (C=O) groups is 1. The molecule has 0 amide bonds. The molecule has 2 aromatic rings. The fourth-order valence-electron chi connectivity index (χ4n) is 2.57. The third-order valence-electron chi connectivity index (χ3n) is 3.75. The van der Waals surface area contributed by atoms with Crippen molar-refractivity contribution in [2.24, 2.45) is 0 Å². The van der Waals surface area contributed by atoms with Gasteiger partial charge in [0.2, 0.25) is 0 Å². The average Bonchev–Trinajstić information content (AvgIpc) is 2.55. The van der Waals surface area contributed by atoms with Gasteiger partial charge < -0.3 is 10.1 Å². The maximum absolute atomic E-state index is 12.4. The number of benzene rings is 2. The number of carbonyl (C=O) groups excluding carboxylic acids is 1. The molecule has 0 saturated carbocycles. The Labute approximate surface area is 126 Å². The second kappa shape index (κ2) is 7.04. The molecule has 1 N–H and O–H groups in total. The summed E-state index contributed by atoms with van der Waals surface area (Å²) in [5, 5.41) is 3.19. The van der Waals surface area contributed by atoms with Crippen LogP contribution < -0.4 is 5.32 Å². The van der Waals surface area contributed by atoms with E-state index in [0.29, 0.717) is 12.8 Å². The molecule has 2 aromatic carbocycles. The third-order valence-corrected chi connectivity index (χ3v) is 3.75. The highest BCUT2D eigenvalue weighted by molar-refractivity contribution is 5.81. The highest BCUT2D eigenvalue weighted by Crippen LogP contribution is 2.21. The summed E-state index contributed by atoms with van der Waals surface area (Å²) in [5.74, 6) is -0.238. The lowest BCUT2D eigenvalue weighted by atomic mass is 9.84. The van der Waals surface area contributed by atoms with Gasteiger partial charge >= 0.3 is 5.97 Å². The van der Waals surface area contributed by atoms with Crippen molar-refractivity contribution in [3.8, 4) is 0 Å². The fraction of sp³-hybridized carbons (Fsp3) is 0.278. The predicted octanol–water partition coefficient (Wildman–Crippen LogP) is 2.60. The van der Waals surface area contributed by atoms with Crippen LogP contribution in [0.5, 0.6) is 0 Å². The minimum Gasteiger partial charge on any atom is -0.468 e. The molecule has 0 radical (unpaired) electrons. The number of methoxy groups -OCH3 is 1. The second-order valence-electron chi connectivity index (χ2n) is 5.15. The van der Waals surface area contributed by atoms with E-state index in [1.807, 2.05) is 67.7 Å². The van der Waals surface area contributed by atoms with Gasteiger partial charge in [-0.2, -0.15) is 0 Å². The minimum absolute atomic E-state index is 0.238. The monoisotopic (exact) mass is 283 g/mol. The number of esters is 1. The Morgan fingerprint density at radius 1 is 0.952 bits per heavy atom. The molecule has 0 aromatic heterocycles. The Balaban J connectivity index is 2.31. The molecule has 110 valence electrons. The lowest BCUT2D eigenvalue weighted by molar-refractivity contribution is -0.148. The number of rotatable bonds is 6. The highest BCUT2D eigenvalue weighted by Gasteiger charge is 2.38. The van der Waals surface area contributed by atoms with Crippen molar-refractivity contribution in [1.82, 2.24) is 5.32 Å². The molecule has 0 saturated heterocycles. The molecule has 0 spiro atoms. The van der Waals surface area contributed by atoms with Crippen LogP contribution in [0.15, 0.2) is 60.7 Å². The summed E-state index contributed by atoms with van der Waals surface area (Å²) >= 11 is 0. The fourth-order valence-corrected chi connectivity index (χ4v) is 2.57. The van der Waals surface area contributed by atoms with Crippen molar-refractivity contribution in [1.29, 1.82) is 0 Å². The van der Waals surface area contributed by atoms with Crippen molar-refractivity contribution < 1.29 is 9.53 Å². The molecule has 0 bridgehead atoms.